The van der Waals surface area contributed by atoms with E-state index in [1.54, 1.807) is 0 Å². The smallest absolute Gasteiger partial charge is 0.0443 e. The molecule has 0 aromatic carbocycles. The van der Waals surface area contributed by atoms with Crippen LogP contribution < -0.4 is 5.73 Å². The molecular formula is C11H26N2O. The lowest BCUT2D eigenvalue weighted by molar-refractivity contribution is 0.129. The molecule has 0 rings (SSSR count). The quantitative estimate of drug-likeness (QED) is 0.622. The maximum Gasteiger partial charge on any atom is 0.0443 e. The predicted molar refractivity (Wildman–Crippen MR) is 61.3 cm³/mol. The van der Waals surface area contributed by atoms with Crippen molar-refractivity contribution in [1.29, 1.82) is 0 Å². The van der Waals surface area contributed by atoms with E-state index in [0.29, 0.717) is 12.1 Å². The van der Waals surface area contributed by atoms with Gasteiger partial charge in [-0.25, -0.2) is 0 Å². The van der Waals surface area contributed by atoms with E-state index < -0.39 is 0 Å². The number of hydrogen-bond donors (Lipinski definition) is 2. The average molecular weight is 202 g/mol. The predicted octanol–water partition coefficient (Wildman–Crippen LogP) is 1.21. The summed E-state index contributed by atoms with van der Waals surface area (Å²) in [5.74, 6) is 0. The van der Waals surface area contributed by atoms with E-state index in [0.717, 1.165) is 32.4 Å². The van der Waals surface area contributed by atoms with Gasteiger partial charge in [0.2, 0.25) is 0 Å². The lowest BCUT2D eigenvalue weighted by atomic mass is 10.1. The van der Waals surface area contributed by atoms with Gasteiger partial charge in [0, 0.05) is 25.2 Å². The molecule has 0 aliphatic carbocycles. The van der Waals surface area contributed by atoms with Gasteiger partial charge >= 0.3 is 0 Å². The third kappa shape index (κ3) is 4.94. The Morgan fingerprint density at radius 3 is 2.36 bits per heavy atom. The van der Waals surface area contributed by atoms with Gasteiger partial charge in [-0.15, -0.1) is 0 Å². The van der Waals surface area contributed by atoms with E-state index in [9.17, 15) is 0 Å². The first-order valence-corrected chi connectivity index (χ1v) is 5.74. The zero-order valence-corrected chi connectivity index (χ0v) is 9.87. The van der Waals surface area contributed by atoms with Crippen LogP contribution in [0, 0.1) is 0 Å². The maximum atomic E-state index is 8.83. The number of aliphatic hydroxyl groups is 1. The third-order valence-corrected chi connectivity index (χ3v) is 2.68. The van der Waals surface area contributed by atoms with Crippen molar-refractivity contribution < 1.29 is 5.11 Å². The summed E-state index contributed by atoms with van der Waals surface area (Å²) < 4.78 is 0. The molecule has 0 radical (unpaired) electrons. The van der Waals surface area contributed by atoms with E-state index in [1.165, 1.54) is 0 Å². The Hall–Kier alpha value is -0.120. The van der Waals surface area contributed by atoms with Crippen molar-refractivity contribution in [3.8, 4) is 0 Å². The largest absolute Gasteiger partial charge is 0.396 e. The lowest BCUT2D eigenvalue weighted by Crippen LogP contribution is -2.42. The summed E-state index contributed by atoms with van der Waals surface area (Å²) in [6, 6.07) is 1.12. The van der Waals surface area contributed by atoms with Crippen LogP contribution in [0.3, 0.4) is 0 Å². The molecule has 3 nitrogen and oxygen atoms in total. The Morgan fingerprint density at radius 2 is 2.00 bits per heavy atom. The van der Waals surface area contributed by atoms with Crippen molar-refractivity contribution in [2.45, 2.75) is 52.1 Å². The number of rotatable bonds is 8. The third-order valence-electron chi connectivity index (χ3n) is 2.68. The summed E-state index contributed by atoms with van der Waals surface area (Å²) in [5, 5.41) is 8.83. The van der Waals surface area contributed by atoms with Crippen LogP contribution in [0.5, 0.6) is 0 Å². The van der Waals surface area contributed by atoms with E-state index in [-0.39, 0.29) is 6.61 Å². The van der Waals surface area contributed by atoms with Gasteiger partial charge in [0.1, 0.15) is 0 Å². The molecule has 1 atom stereocenters. The number of hydrogen-bond acceptors (Lipinski definition) is 3. The van der Waals surface area contributed by atoms with Gasteiger partial charge in [0.05, 0.1) is 0 Å². The van der Waals surface area contributed by atoms with Gasteiger partial charge in [-0.2, -0.15) is 0 Å². The molecule has 0 aromatic rings. The average Bonchev–Trinajstić information content (AvgIpc) is 2.16. The molecule has 14 heavy (non-hydrogen) atoms. The molecule has 86 valence electrons. The fourth-order valence-corrected chi connectivity index (χ4v) is 1.91. The van der Waals surface area contributed by atoms with Gasteiger partial charge < -0.3 is 10.8 Å². The highest BCUT2D eigenvalue weighted by molar-refractivity contribution is 4.73. The minimum atomic E-state index is 0.280. The second-order valence-electron chi connectivity index (χ2n) is 4.05. The highest BCUT2D eigenvalue weighted by atomic mass is 16.3. The van der Waals surface area contributed by atoms with Crippen LogP contribution in [-0.4, -0.2) is 41.8 Å². The van der Waals surface area contributed by atoms with Crippen LogP contribution in [0.25, 0.3) is 0 Å². The van der Waals surface area contributed by atoms with Gasteiger partial charge in [-0.3, -0.25) is 4.90 Å². The first-order valence-electron chi connectivity index (χ1n) is 5.74. The van der Waals surface area contributed by atoms with Crippen molar-refractivity contribution in [2.24, 2.45) is 5.73 Å². The van der Waals surface area contributed by atoms with E-state index in [2.05, 4.69) is 25.7 Å². The Labute approximate surface area is 88.3 Å². The summed E-state index contributed by atoms with van der Waals surface area (Å²) in [7, 11) is 0. The normalized spacial score (nSPS) is 13.9. The Bertz CT molecular complexity index is 128. The van der Waals surface area contributed by atoms with Crippen molar-refractivity contribution in [1.82, 2.24) is 4.90 Å². The number of nitrogens with zero attached hydrogens (tertiary/aromatic N) is 1. The second kappa shape index (κ2) is 8.21. The zero-order chi connectivity index (χ0) is 11.0. The van der Waals surface area contributed by atoms with Gasteiger partial charge in [0.25, 0.3) is 0 Å². The van der Waals surface area contributed by atoms with Gasteiger partial charge in [0.15, 0.2) is 0 Å². The van der Waals surface area contributed by atoms with Crippen LogP contribution in [0.15, 0.2) is 0 Å². The fourth-order valence-electron chi connectivity index (χ4n) is 1.91. The van der Waals surface area contributed by atoms with Crippen LogP contribution in [0.4, 0.5) is 0 Å². The van der Waals surface area contributed by atoms with Crippen molar-refractivity contribution >= 4 is 0 Å². The van der Waals surface area contributed by atoms with Gasteiger partial charge in [-0.1, -0.05) is 6.92 Å². The summed E-state index contributed by atoms with van der Waals surface area (Å²) in [6.07, 6.45) is 3.06. The Balaban J connectivity index is 4.12. The minimum Gasteiger partial charge on any atom is -0.396 e. The summed E-state index contributed by atoms with van der Waals surface area (Å²) in [5.41, 5.74) is 5.60. The molecule has 0 fully saturated rings. The SMILES string of the molecule is CCC(CCN)N(CCCO)C(C)C. The molecule has 0 aliphatic rings. The molecule has 0 aromatic heterocycles. The van der Waals surface area contributed by atoms with Crippen LogP contribution >= 0.6 is 0 Å². The van der Waals surface area contributed by atoms with Crippen LogP contribution in [0.2, 0.25) is 0 Å². The first kappa shape index (κ1) is 13.9. The van der Waals surface area contributed by atoms with E-state index in [4.69, 9.17) is 10.8 Å². The molecule has 0 aliphatic heterocycles. The number of aliphatic hydroxyl groups excluding tert-OH is 1. The van der Waals surface area contributed by atoms with Crippen molar-refractivity contribution in [2.75, 3.05) is 19.7 Å². The molecule has 0 saturated carbocycles. The fraction of sp³-hybridized carbons (Fsp3) is 1.00. The molecule has 3 heteroatoms. The van der Waals surface area contributed by atoms with Crippen molar-refractivity contribution in [3.63, 3.8) is 0 Å². The summed E-state index contributed by atoms with van der Waals surface area (Å²) >= 11 is 0. The molecule has 0 heterocycles. The highest BCUT2D eigenvalue weighted by Crippen LogP contribution is 2.12. The standard InChI is InChI=1S/C11H26N2O/c1-4-11(6-7-12)13(10(2)3)8-5-9-14/h10-11,14H,4-9,12H2,1-3H3. The molecule has 1 unspecified atom stereocenters. The lowest BCUT2D eigenvalue weighted by Gasteiger charge is -2.34. The molecular weight excluding hydrogens is 176 g/mol. The minimum absolute atomic E-state index is 0.280. The molecule has 0 spiro atoms. The monoisotopic (exact) mass is 202 g/mol. The summed E-state index contributed by atoms with van der Waals surface area (Å²) in [4.78, 5) is 2.45. The molecule has 0 saturated heterocycles. The van der Waals surface area contributed by atoms with Gasteiger partial charge in [-0.05, 0) is 39.7 Å². The zero-order valence-electron chi connectivity index (χ0n) is 9.87. The Morgan fingerprint density at radius 1 is 1.36 bits per heavy atom. The van der Waals surface area contributed by atoms with Crippen LogP contribution in [-0.2, 0) is 0 Å². The topological polar surface area (TPSA) is 49.5 Å². The first-order chi connectivity index (χ1) is 6.67. The van der Waals surface area contributed by atoms with E-state index >= 15 is 0 Å². The number of nitrogens with two attached hydrogens (primary N) is 1. The Kier molecular flexibility index (Phi) is 8.14. The van der Waals surface area contributed by atoms with E-state index in [1.807, 2.05) is 0 Å². The highest BCUT2D eigenvalue weighted by Gasteiger charge is 2.17. The second-order valence-corrected chi connectivity index (χ2v) is 4.05. The van der Waals surface area contributed by atoms with Crippen molar-refractivity contribution in [3.05, 3.63) is 0 Å². The molecule has 0 amide bonds. The maximum absolute atomic E-state index is 8.83. The molecule has 3 N–H and O–H groups in total. The van der Waals surface area contributed by atoms with Crippen LogP contribution in [0.1, 0.15) is 40.0 Å². The summed E-state index contributed by atoms with van der Waals surface area (Å²) in [6.45, 7) is 8.62. The molecule has 0 bridgehead atoms.